The van der Waals surface area contributed by atoms with Crippen LogP contribution in [0.25, 0.3) is 0 Å². The highest BCUT2D eigenvalue weighted by Gasteiger charge is 2.20. The standard InChI is InChI=1S/C13H15N5O3/c1-14-9-3-4-12(18(20)21)11(7-9)13(19)15-8-10-5-6-17(2)16-10/h3-7,14H,8H2,1-2H3,(H,15,19). The molecule has 1 aromatic heterocycles. The smallest absolute Gasteiger partial charge is 0.282 e. The highest BCUT2D eigenvalue weighted by atomic mass is 16.6. The summed E-state index contributed by atoms with van der Waals surface area (Å²) in [6, 6.07) is 6.07. The number of anilines is 1. The van der Waals surface area contributed by atoms with Gasteiger partial charge in [0.05, 0.1) is 17.2 Å². The molecule has 0 atom stereocenters. The molecule has 0 fully saturated rings. The molecule has 2 aromatic rings. The molecule has 2 rings (SSSR count). The monoisotopic (exact) mass is 289 g/mol. The molecule has 110 valence electrons. The molecular weight excluding hydrogens is 274 g/mol. The van der Waals surface area contributed by atoms with E-state index in [1.54, 1.807) is 37.1 Å². The summed E-state index contributed by atoms with van der Waals surface area (Å²) in [7, 11) is 3.45. The van der Waals surface area contributed by atoms with E-state index < -0.39 is 10.8 Å². The van der Waals surface area contributed by atoms with Crippen molar-refractivity contribution in [2.45, 2.75) is 6.54 Å². The van der Waals surface area contributed by atoms with Gasteiger partial charge in [-0.3, -0.25) is 19.6 Å². The van der Waals surface area contributed by atoms with E-state index in [0.29, 0.717) is 11.4 Å². The summed E-state index contributed by atoms with van der Waals surface area (Å²) in [5.41, 5.74) is 1.09. The van der Waals surface area contributed by atoms with Crippen LogP contribution in [0.5, 0.6) is 0 Å². The van der Waals surface area contributed by atoms with Crippen LogP contribution >= 0.6 is 0 Å². The largest absolute Gasteiger partial charge is 0.388 e. The molecule has 0 bridgehead atoms. The van der Waals surface area contributed by atoms with Gasteiger partial charge in [0, 0.05) is 32.0 Å². The van der Waals surface area contributed by atoms with Crippen molar-refractivity contribution in [3.05, 3.63) is 51.8 Å². The Morgan fingerprint density at radius 2 is 2.19 bits per heavy atom. The van der Waals surface area contributed by atoms with Crippen molar-refractivity contribution < 1.29 is 9.72 Å². The Morgan fingerprint density at radius 1 is 1.43 bits per heavy atom. The molecular formula is C13H15N5O3. The number of rotatable bonds is 5. The van der Waals surface area contributed by atoms with E-state index >= 15 is 0 Å². The van der Waals surface area contributed by atoms with Crippen LogP contribution in [0.3, 0.4) is 0 Å². The first-order chi connectivity index (χ1) is 10.0. The van der Waals surface area contributed by atoms with Gasteiger partial charge in [-0.2, -0.15) is 5.10 Å². The van der Waals surface area contributed by atoms with Gasteiger partial charge in [0.15, 0.2) is 0 Å². The minimum atomic E-state index is -0.574. The summed E-state index contributed by atoms with van der Waals surface area (Å²) in [6.07, 6.45) is 1.76. The third-order valence-electron chi connectivity index (χ3n) is 2.93. The lowest BCUT2D eigenvalue weighted by atomic mass is 10.1. The molecule has 0 radical (unpaired) electrons. The van der Waals surface area contributed by atoms with E-state index in [2.05, 4.69) is 15.7 Å². The van der Waals surface area contributed by atoms with Crippen molar-refractivity contribution in [1.29, 1.82) is 0 Å². The summed E-state index contributed by atoms with van der Waals surface area (Å²) >= 11 is 0. The molecule has 0 aliphatic heterocycles. The van der Waals surface area contributed by atoms with Crippen LogP contribution < -0.4 is 10.6 Å². The summed E-state index contributed by atoms with van der Waals surface area (Å²) < 4.78 is 1.62. The highest BCUT2D eigenvalue weighted by Crippen LogP contribution is 2.22. The molecule has 1 aromatic carbocycles. The van der Waals surface area contributed by atoms with Crippen LogP contribution in [0, 0.1) is 10.1 Å². The third-order valence-corrected chi connectivity index (χ3v) is 2.93. The zero-order valence-corrected chi connectivity index (χ0v) is 11.7. The van der Waals surface area contributed by atoms with E-state index in [-0.39, 0.29) is 17.8 Å². The SMILES string of the molecule is CNc1ccc([N+](=O)[O-])c(C(=O)NCc2ccn(C)n2)c1. The van der Waals surface area contributed by atoms with Gasteiger partial charge in [0.2, 0.25) is 0 Å². The first-order valence-electron chi connectivity index (χ1n) is 6.24. The predicted molar refractivity (Wildman–Crippen MR) is 77.0 cm³/mol. The summed E-state index contributed by atoms with van der Waals surface area (Å²) in [6.45, 7) is 0.209. The minimum absolute atomic E-state index is 0.0165. The number of nitro benzene ring substituents is 1. The zero-order valence-electron chi connectivity index (χ0n) is 11.7. The van der Waals surface area contributed by atoms with Crippen molar-refractivity contribution >= 4 is 17.3 Å². The lowest BCUT2D eigenvalue weighted by molar-refractivity contribution is -0.385. The Kier molecular flexibility index (Phi) is 4.17. The number of hydrogen-bond donors (Lipinski definition) is 2. The van der Waals surface area contributed by atoms with Gasteiger partial charge in [-0.15, -0.1) is 0 Å². The number of benzene rings is 1. The third kappa shape index (κ3) is 3.35. The quantitative estimate of drug-likeness (QED) is 0.638. The second-order valence-corrected chi connectivity index (χ2v) is 4.40. The normalized spacial score (nSPS) is 10.2. The number of carbonyl (C=O) groups excluding carboxylic acids is 1. The molecule has 1 heterocycles. The molecule has 0 saturated carbocycles. The Morgan fingerprint density at radius 3 is 2.76 bits per heavy atom. The number of hydrogen-bond acceptors (Lipinski definition) is 5. The number of aryl methyl sites for hydroxylation is 1. The van der Waals surface area contributed by atoms with E-state index in [9.17, 15) is 14.9 Å². The van der Waals surface area contributed by atoms with Gasteiger partial charge >= 0.3 is 0 Å². The number of aromatic nitrogens is 2. The number of nitrogens with zero attached hydrogens (tertiary/aromatic N) is 3. The van der Waals surface area contributed by atoms with E-state index in [0.717, 1.165) is 0 Å². The van der Waals surface area contributed by atoms with Crippen LogP contribution in [0.15, 0.2) is 30.5 Å². The van der Waals surface area contributed by atoms with Crippen LogP contribution in [-0.2, 0) is 13.6 Å². The van der Waals surface area contributed by atoms with Crippen molar-refractivity contribution in [1.82, 2.24) is 15.1 Å². The van der Waals surface area contributed by atoms with Gasteiger partial charge in [-0.05, 0) is 18.2 Å². The van der Waals surface area contributed by atoms with E-state index in [1.807, 2.05) is 0 Å². The molecule has 0 aliphatic rings. The van der Waals surface area contributed by atoms with E-state index in [4.69, 9.17) is 0 Å². The Labute approximate surface area is 120 Å². The maximum Gasteiger partial charge on any atom is 0.282 e. The zero-order chi connectivity index (χ0) is 15.4. The van der Waals surface area contributed by atoms with Crippen LogP contribution in [0.1, 0.15) is 16.1 Å². The fraction of sp³-hybridized carbons (Fsp3) is 0.231. The molecule has 1 amide bonds. The fourth-order valence-electron chi connectivity index (χ4n) is 1.86. The van der Waals surface area contributed by atoms with Crippen molar-refractivity contribution in [2.24, 2.45) is 7.05 Å². The van der Waals surface area contributed by atoms with Gasteiger partial charge in [-0.1, -0.05) is 0 Å². The number of carbonyl (C=O) groups is 1. The summed E-state index contributed by atoms with van der Waals surface area (Å²) in [5.74, 6) is -0.510. The lowest BCUT2D eigenvalue weighted by Gasteiger charge is -2.07. The van der Waals surface area contributed by atoms with Crippen molar-refractivity contribution in [2.75, 3.05) is 12.4 Å². The van der Waals surface area contributed by atoms with E-state index in [1.165, 1.54) is 12.1 Å². The summed E-state index contributed by atoms with van der Waals surface area (Å²) in [4.78, 5) is 22.6. The molecule has 0 unspecified atom stereocenters. The highest BCUT2D eigenvalue weighted by molar-refractivity contribution is 5.99. The van der Waals surface area contributed by atoms with Crippen LogP contribution in [0.4, 0.5) is 11.4 Å². The lowest BCUT2D eigenvalue weighted by Crippen LogP contribution is -2.24. The predicted octanol–water partition coefficient (Wildman–Crippen LogP) is 1.30. The van der Waals surface area contributed by atoms with Gasteiger partial charge in [0.1, 0.15) is 5.56 Å². The first kappa shape index (κ1) is 14.5. The topological polar surface area (TPSA) is 102 Å². The summed E-state index contributed by atoms with van der Waals surface area (Å²) in [5, 5.41) is 20.6. The molecule has 8 nitrogen and oxygen atoms in total. The first-order valence-corrected chi connectivity index (χ1v) is 6.24. The maximum absolute atomic E-state index is 12.1. The Bertz CT molecular complexity index is 680. The number of nitro groups is 1. The van der Waals surface area contributed by atoms with Crippen molar-refractivity contribution in [3.63, 3.8) is 0 Å². The van der Waals surface area contributed by atoms with Crippen LogP contribution in [-0.4, -0.2) is 27.7 Å². The number of amides is 1. The Hall–Kier alpha value is -2.90. The fourth-order valence-corrected chi connectivity index (χ4v) is 1.86. The molecule has 0 spiro atoms. The van der Waals surface area contributed by atoms with Gasteiger partial charge < -0.3 is 10.6 Å². The molecule has 8 heteroatoms. The molecule has 0 saturated heterocycles. The maximum atomic E-state index is 12.1. The van der Waals surface area contributed by atoms with Crippen molar-refractivity contribution in [3.8, 4) is 0 Å². The average Bonchev–Trinajstić information content (AvgIpc) is 2.89. The number of nitrogens with one attached hydrogen (secondary N) is 2. The average molecular weight is 289 g/mol. The van der Waals surface area contributed by atoms with Gasteiger partial charge in [0.25, 0.3) is 11.6 Å². The molecule has 21 heavy (non-hydrogen) atoms. The second-order valence-electron chi connectivity index (χ2n) is 4.40. The van der Waals surface area contributed by atoms with Gasteiger partial charge in [-0.25, -0.2) is 0 Å². The second kappa shape index (κ2) is 6.04. The molecule has 0 aliphatic carbocycles. The molecule has 2 N–H and O–H groups in total. The minimum Gasteiger partial charge on any atom is -0.388 e. The Balaban J connectivity index is 2.19. The van der Waals surface area contributed by atoms with Crippen LogP contribution in [0.2, 0.25) is 0 Å².